The fourth-order valence-electron chi connectivity index (χ4n) is 7.52. The molecule has 4 rings (SSSR count). The van der Waals surface area contributed by atoms with Gasteiger partial charge in [-0.2, -0.15) is 8.78 Å². The lowest BCUT2D eigenvalue weighted by Gasteiger charge is -2.48. The van der Waals surface area contributed by atoms with Crippen LogP contribution < -0.4 is 34.4 Å². The SMILES string of the molecule is CC(=O)OCC1OC(OC2C(OC(C)=O)C(N)CC(N)C2OC2OC(CN)C(F)(F)C(OC(C)=O)C2N)C(OC(C)=O)C1OC1OC(CN)C(OC(C)=O)C(OC(C)=O)C1N. The van der Waals surface area contributed by atoms with Crippen molar-refractivity contribution in [3.05, 3.63) is 0 Å². The van der Waals surface area contributed by atoms with Gasteiger partial charge in [0.1, 0.15) is 49.3 Å². The largest absolute Gasteiger partial charge is 0.463 e. The molecule has 3 saturated heterocycles. The Hall–Kier alpha value is -3.80. The molecule has 4 aliphatic rings. The molecule has 0 radical (unpaired) electrons. The first-order valence-electron chi connectivity index (χ1n) is 19.2. The zero-order chi connectivity index (χ0) is 45.7. The molecule has 18 atom stereocenters. The molecule has 0 aromatic carbocycles. The van der Waals surface area contributed by atoms with Crippen LogP contribution in [0.15, 0.2) is 0 Å². The predicted molar refractivity (Wildman–Crippen MR) is 195 cm³/mol. The van der Waals surface area contributed by atoms with Crippen LogP contribution >= 0.6 is 0 Å². The van der Waals surface area contributed by atoms with Crippen molar-refractivity contribution < 1.29 is 94.4 Å². The summed E-state index contributed by atoms with van der Waals surface area (Å²) in [6.07, 6.45) is -22.6. The van der Waals surface area contributed by atoms with Crippen LogP contribution in [0.5, 0.6) is 0 Å². The Morgan fingerprint density at radius 2 is 1.00 bits per heavy atom. The Labute approximate surface area is 348 Å². The molecular weight excluding hydrogens is 830 g/mol. The minimum absolute atomic E-state index is 0.120. The van der Waals surface area contributed by atoms with Gasteiger partial charge >= 0.3 is 41.7 Å². The highest BCUT2D eigenvalue weighted by atomic mass is 19.3. The van der Waals surface area contributed by atoms with Gasteiger partial charge in [-0.15, -0.1) is 0 Å². The topological polar surface area (TPSA) is 369 Å². The van der Waals surface area contributed by atoms with E-state index in [0.717, 1.165) is 41.5 Å². The van der Waals surface area contributed by atoms with Crippen molar-refractivity contribution in [1.82, 2.24) is 0 Å². The first-order valence-corrected chi connectivity index (χ1v) is 19.2. The van der Waals surface area contributed by atoms with Gasteiger partial charge < -0.3 is 91.2 Å². The molecule has 3 aliphatic heterocycles. The molecule has 1 aliphatic carbocycles. The van der Waals surface area contributed by atoms with Crippen LogP contribution in [-0.4, -0.2) is 172 Å². The lowest BCUT2D eigenvalue weighted by atomic mass is 9.84. The standard InChI is InChI=1S/C35H56F2N6O18/c1-11(44)50-10-20-27(60-32-22(42)28(53-14(4)47)26(52-13(3)46)19(8-38)56-32)30(54-15(5)48)34(57-20)61-29-24(51-12(2)45)17(40)7-18(41)25(29)59-33-23(43)31(55-16(6)49)35(36,37)21(9-39)58-33/h17-34H,7-10,38-43H2,1-6H3. The van der Waals surface area contributed by atoms with Gasteiger partial charge in [0.05, 0.1) is 12.1 Å². The van der Waals surface area contributed by atoms with E-state index in [1.54, 1.807) is 0 Å². The summed E-state index contributed by atoms with van der Waals surface area (Å²) in [5, 5.41) is 0. The first-order chi connectivity index (χ1) is 28.5. The van der Waals surface area contributed by atoms with Crippen molar-refractivity contribution in [2.75, 3.05) is 19.7 Å². The highest BCUT2D eigenvalue weighted by Gasteiger charge is 2.61. The van der Waals surface area contributed by atoms with E-state index >= 15 is 8.78 Å². The van der Waals surface area contributed by atoms with Crippen LogP contribution in [-0.2, 0) is 85.6 Å². The highest BCUT2D eigenvalue weighted by Crippen LogP contribution is 2.40. The molecule has 0 aromatic rings. The summed E-state index contributed by atoms with van der Waals surface area (Å²) in [5.41, 5.74) is 37.2. The molecule has 26 heteroatoms. The second-order valence-electron chi connectivity index (χ2n) is 14.9. The third-order valence-corrected chi connectivity index (χ3v) is 10.0. The van der Waals surface area contributed by atoms with Gasteiger partial charge in [0.2, 0.25) is 0 Å². The average Bonchev–Trinajstić information content (AvgIpc) is 3.45. The van der Waals surface area contributed by atoms with Crippen molar-refractivity contribution in [1.29, 1.82) is 0 Å². The van der Waals surface area contributed by atoms with Crippen molar-refractivity contribution >= 4 is 35.8 Å². The lowest BCUT2D eigenvalue weighted by molar-refractivity contribution is -0.335. The number of hydrogen-bond donors (Lipinski definition) is 6. The molecule has 12 N–H and O–H groups in total. The van der Waals surface area contributed by atoms with Crippen LogP contribution in [0.3, 0.4) is 0 Å². The van der Waals surface area contributed by atoms with E-state index in [2.05, 4.69) is 0 Å². The van der Waals surface area contributed by atoms with Gasteiger partial charge in [0, 0.05) is 66.7 Å². The molecule has 0 spiro atoms. The van der Waals surface area contributed by atoms with Crippen molar-refractivity contribution in [2.24, 2.45) is 34.4 Å². The van der Waals surface area contributed by atoms with Gasteiger partial charge in [-0.3, -0.25) is 28.8 Å². The highest BCUT2D eigenvalue weighted by molar-refractivity contribution is 5.68. The second-order valence-corrected chi connectivity index (χ2v) is 14.9. The lowest BCUT2D eigenvalue weighted by Crippen LogP contribution is -2.70. The molecule has 1 saturated carbocycles. The van der Waals surface area contributed by atoms with Crippen LogP contribution in [0, 0.1) is 0 Å². The fourth-order valence-corrected chi connectivity index (χ4v) is 7.52. The summed E-state index contributed by atoms with van der Waals surface area (Å²) in [6.45, 7) is 4.63. The van der Waals surface area contributed by atoms with Gasteiger partial charge in [0.15, 0.2) is 43.3 Å². The summed E-state index contributed by atoms with van der Waals surface area (Å²) in [4.78, 5) is 73.2. The van der Waals surface area contributed by atoms with Crippen molar-refractivity contribution in [3.63, 3.8) is 0 Å². The Bertz CT molecular complexity index is 1590. The minimum Gasteiger partial charge on any atom is -0.463 e. The quantitative estimate of drug-likeness (QED) is 0.0671. The Kier molecular flexibility index (Phi) is 17.2. The minimum atomic E-state index is -3.87. The average molecular weight is 887 g/mol. The third-order valence-electron chi connectivity index (χ3n) is 10.0. The molecule has 348 valence electrons. The first kappa shape index (κ1) is 49.9. The Morgan fingerprint density at radius 1 is 0.525 bits per heavy atom. The number of nitrogens with two attached hydrogens (primary N) is 6. The maximum Gasteiger partial charge on any atom is 0.312 e. The number of esters is 6. The van der Waals surface area contributed by atoms with Crippen molar-refractivity contribution in [3.8, 4) is 0 Å². The van der Waals surface area contributed by atoms with Crippen LogP contribution in [0.25, 0.3) is 0 Å². The third kappa shape index (κ3) is 12.0. The number of carbonyl (C=O) groups excluding carboxylic acids is 6. The molecule has 0 aromatic heterocycles. The monoisotopic (exact) mass is 886 g/mol. The van der Waals surface area contributed by atoms with Gasteiger partial charge in [-0.25, -0.2) is 0 Å². The maximum atomic E-state index is 15.4. The predicted octanol–water partition coefficient (Wildman–Crippen LogP) is -4.20. The summed E-state index contributed by atoms with van der Waals surface area (Å²) >= 11 is 0. The summed E-state index contributed by atoms with van der Waals surface area (Å²) in [5.74, 6) is -9.08. The molecule has 61 heavy (non-hydrogen) atoms. The molecule has 18 unspecified atom stereocenters. The number of ether oxygens (including phenoxy) is 12. The smallest absolute Gasteiger partial charge is 0.312 e. The molecular formula is C35H56F2N6O18. The number of halogens is 2. The van der Waals surface area contributed by atoms with E-state index in [4.69, 9.17) is 91.2 Å². The van der Waals surface area contributed by atoms with Crippen LogP contribution in [0.2, 0.25) is 0 Å². The number of rotatable bonds is 15. The molecule has 4 fully saturated rings. The van der Waals surface area contributed by atoms with Crippen molar-refractivity contribution in [2.45, 2.75) is 164 Å². The Balaban J connectivity index is 1.75. The maximum absolute atomic E-state index is 15.4. The molecule has 0 amide bonds. The summed E-state index contributed by atoms with van der Waals surface area (Å²) in [6, 6.07) is -5.48. The van der Waals surface area contributed by atoms with E-state index in [1.165, 1.54) is 0 Å². The zero-order valence-corrected chi connectivity index (χ0v) is 34.3. The van der Waals surface area contributed by atoms with E-state index in [9.17, 15) is 28.8 Å². The second kappa shape index (κ2) is 21.0. The van der Waals surface area contributed by atoms with E-state index in [0.29, 0.717) is 0 Å². The van der Waals surface area contributed by atoms with Gasteiger partial charge in [-0.05, 0) is 6.42 Å². The number of hydrogen-bond acceptors (Lipinski definition) is 24. The van der Waals surface area contributed by atoms with E-state index in [-0.39, 0.29) is 13.0 Å². The summed E-state index contributed by atoms with van der Waals surface area (Å²) in [7, 11) is 0. The van der Waals surface area contributed by atoms with Gasteiger partial charge in [-0.1, -0.05) is 0 Å². The Morgan fingerprint density at radius 3 is 1.54 bits per heavy atom. The normalized spacial score (nSPS) is 39.6. The van der Waals surface area contributed by atoms with E-state index < -0.39 is 165 Å². The number of alkyl halides is 2. The van der Waals surface area contributed by atoms with Crippen LogP contribution in [0.1, 0.15) is 48.0 Å². The molecule has 24 nitrogen and oxygen atoms in total. The zero-order valence-electron chi connectivity index (χ0n) is 34.3. The fraction of sp³-hybridized carbons (Fsp3) is 0.829. The number of carbonyl (C=O) groups is 6. The van der Waals surface area contributed by atoms with Crippen LogP contribution in [0.4, 0.5) is 8.78 Å². The molecule has 0 bridgehead atoms. The van der Waals surface area contributed by atoms with E-state index in [1.807, 2.05) is 0 Å². The summed E-state index contributed by atoms with van der Waals surface area (Å²) < 4.78 is 99.4. The molecule has 3 heterocycles. The van der Waals surface area contributed by atoms with Gasteiger partial charge in [0.25, 0.3) is 0 Å².